The molecule has 0 atom stereocenters. The molecule has 0 aliphatic carbocycles. The van der Waals surface area contributed by atoms with Crippen LogP contribution in [0.15, 0.2) is 24.3 Å². The molecular weight excluding hydrogens is 280 g/mol. The van der Waals surface area contributed by atoms with Crippen LogP contribution in [0.2, 0.25) is 0 Å². The van der Waals surface area contributed by atoms with Gasteiger partial charge in [-0.3, -0.25) is 0 Å². The minimum absolute atomic E-state index is 1.11. The normalized spacial score (nSPS) is 11.4. The molecule has 0 aliphatic heterocycles. The monoisotopic (exact) mass is 314 g/mol. The summed E-state index contributed by atoms with van der Waals surface area (Å²) >= 11 is 0. The lowest BCUT2D eigenvalue weighted by atomic mass is 10.1. The van der Waals surface area contributed by atoms with Gasteiger partial charge in [0, 0.05) is 6.54 Å². The van der Waals surface area contributed by atoms with E-state index in [2.05, 4.69) is 47.7 Å². The fraction of sp³-hybridized carbons (Fsp3) is 0.667. The second-order valence-electron chi connectivity index (χ2n) is 6.83. The van der Waals surface area contributed by atoms with Crippen LogP contribution in [0, 0.1) is 6.92 Å². The first-order valence-corrected chi connectivity index (χ1v) is 9.75. The fourth-order valence-corrected chi connectivity index (χ4v) is 3.41. The van der Waals surface area contributed by atoms with Crippen molar-refractivity contribution in [2.24, 2.45) is 0 Å². The first-order valence-electron chi connectivity index (χ1n) is 9.75. The largest absolute Gasteiger partial charge is 0.328 e. The zero-order valence-electron chi connectivity index (χ0n) is 15.2. The van der Waals surface area contributed by atoms with Crippen LogP contribution in [0.4, 0.5) is 0 Å². The molecule has 0 spiro atoms. The van der Waals surface area contributed by atoms with Crippen molar-refractivity contribution < 1.29 is 0 Å². The SMILES string of the molecule is CCCCCCCCCCCCCn1c(C)nc2ccccc21. The second kappa shape index (κ2) is 10.5. The van der Waals surface area contributed by atoms with Crippen LogP contribution < -0.4 is 0 Å². The van der Waals surface area contributed by atoms with Gasteiger partial charge in [-0.25, -0.2) is 4.98 Å². The number of benzene rings is 1. The van der Waals surface area contributed by atoms with Crippen molar-refractivity contribution in [2.75, 3.05) is 0 Å². The van der Waals surface area contributed by atoms with E-state index in [1.165, 1.54) is 76.1 Å². The highest BCUT2D eigenvalue weighted by Crippen LogP contribution is 2.17. The Bertz CT molecular complexity index is 556. The number of aromatic nitrogens is 2. The number of fused-ring (bicyclic) bond motifs is 1. The summed E-state index contributed by atoms with van der Waals surface area (Å²) in [5.41, 5.74) is 2.42. The van der Waals surface area contributed by atoms with E-state index in [0.29, 0.717) is 0 Å². The molecule has 2 heteroatoms. The quantitative estimate of drug-likeness (QED) is 0.401. The predicted octanol–water partition coefficient (Wildman–Crippen LogP) is 6.66. The topological polar surface area (TPSA) is 17.8 Å². The number of nitrogens with zero attached hydrogens (tertiary/aromatic N) is 2. The summed E-state index contributed by atoms with van der Waals surface area (Å²) in [7, 11) is 0. The molecule has 0 saturated carbocycles. The Kier molecular flexibility index (Phi) is 8.20. The molecule has 0 bridgehead atoms. The zero-order valence-corrected chi connectivity index (χ0v) is 15.2. The number of aryl methyl sites for hydroxylation is 2. The highest BCUT2D eigenvalue weighted by Gasteiger charge is 2.05. The van der Waals surface area contributed by atoms with Gasteiger partial charge < -0.3 is 4.57 Å². The van der Waals surface area contributed by atoms with Crippen molar-refractivity contribution in [1.29, 1.82) is 0 Å². The van der Waals surface area contributed by atoms with Gasteiger partial charge in [-0.1, -0.05) is 83.3 Å². The molecule has 0 fully saturated rings. The summed E-state index contributed by atoms with van der Waals surface area (Å²) in [6.45, 7) is 5.52. The van der Waals surface area contributed by atoms with Crippen molar-refractivity contribution in [3.8, 4) is 0 Å². The van der Waals surface area contributed by atoms with Crippen molar-refractivity contribution in [3.63, 3.8) is 0 Å². The second-order valence-corrected chi connectivity index (χ2v) is 6.83. The van der Waals surface area contributed by atoms with E-state index in [-0.39, 0.29) is 0 Å². The van der Waals surface area contributed by atoms with Crippen molar-refractivity contribution >= 4 is 11.0 Å². The van der Waals surface area contributed by atoms with E-state index in [1.807, 2.05) is 0 Å². The van der Waals surface area contributed by atoms with Gasteiger partial charge in [0.2, 0.25) is 0 Å². The Labute approximate surface area is 142 Å². The maximum absolute atomic E-state index is 4.65. The van der Waals surface area contributed by atoms with Gasteiger partial charge in [0.15, 0.2) is 0 Å². The number of para-hydroxylation sites is 2. The number of hydrogen-bond acceptors (Lipinski definition) is 1. The molecule has 0 unspecified atom stereocenters. The standard InChI is InChI=1S/C21H34N2/c1-3-4-5-6-7-8-9-10-11-12-15-18-23-19(2)22-20-16-13-14-17-21(20)23/h13-14,16-17H,3-12,15,18H2,1-2H3. The summed E-state index contributed by atoms with van der Waals surface area (Å²) in [6, 6.07) is 8.48. The minimum atomic E-state index is 1.11. The molecule has 0 N–H and O–H groups in total. The third kappa shape index (κ3) is 6.01. The van der Waals surface area contributed by atoms with E-state index in [9.17, 15) is 0 Å². The Morgan fingerprint density at radius 3 is 2.00 bits per heavy atom. The van der Waals surface area contributed by atoms with Crippen LogP contribution in [-0.2, 0) is 6.54 Å². The highest BCUT2D eigenvalue weighted by molar-refractivity contribution is 5.75. The minimum Gasteiger partial charge on any atom is -0.328 e. The lowest BCUT2D eigenvalue weighted by molar-refractivity contribution is 0.531. The summed E-state index contributed by atoms with van der Waals surface area (Å²) in [4.78, 5) is 4.65. The van der Waals surface area contributed by atoms with Gasteiger partial charge in [-0.2, -0.15) is 0 Å². The van der Waals surface area contributed by atoms with Crippen LogP contribution >= 0.6 is 0 Å². The summed E-state index contributed by atoms with van der Waals surface area (Å²) in [5, 5.41) is 0. The van der Waals surface area contributed by atoms with Gasteiger partial charge in [0.25, 0.3) is 0 Å². The predicted molar refractivity (Wildman–Crippen MR) is 101 cm³/mol. The van der Waals surface area contributed by atoms with Crippen molar-refractivity contribution in [1.82, 2.24) is 9.55 Å². The molecule has 2 aromatic rings. The van der Waals surface area contributed by atoms with Crippen LogP contribution in [0.1, 0.15) is 83.4 Å². The van der Waals surface area contributed by atoms with Gasteiger partial charge in [-0.05, 0) is 25.5 Å². The number of imidazole rings is 1. The maximum Gasteiger partial charge on any atom is 0.106 e. The fourth-order valence-electron chi connectivity index (χ4n) is 3.41. The Hall–Kier alpha value is -1.31. The van der Waals surface area contributed by atoms with Gasteiger partial charge in [-0.15, -0.1) is 0 Å². The van der Waals surface area contributed by atoms with E-state index < -0.39 is 0 Å². The Balaban J connectivity index is 1.54. The van der Waals surface area contributed by atoms with Crippen LogP contribution in [-0.4, -0.2) is 9.55 Å². The molecule has 2 rings (SSSR count). The van der Waals surface area contributed by atoms with E-state index >= 15 is 0 Å². The average molecular weight is 315 g/mol. The first kappa shape index (κ1) is 18.0. The summed E-state index contributed by atoms with van der Waals surface area (Å²) < 4.78 is 2.38. The molecule has 0 amide bonds. The van der Waals surface area contributed by atoms with E-state index in [1.54, 1.807) is 0 Å². The zero-order chi connectivity index (χ0) is 16.3. The summed E-state index contributed by atoms with van der Waals surface area (Å²) in [5.74, 6) is 1.15. The molecular formula is C21H34N2. The van der Waals surface area contributed by atoms with Crippen molar-refractivity contribution in [2.45, 2.75) is 91.0 Å². The van der Waals surface area contributed by atoms with E-state index in [4.69, 9.17) is 0 Å². The van der Waals surface area contributed by atoms with Crippen LogP contribution in [0.5, 0.6) is 0 Å². The smallest absolute Gasteiger partial charge is 0.106 e. The average Bonchev–Trinajstić information content (AvgIpc) is 2.88. The van der Waals surface area contributed by atoms with Gasteiger partial charge >= 0.3 is 0 Å². The lowest BCUT2D eigenvalue weighted by Gasteiger charge is -2.07. The summed E-state index contributed by atoms with van der Waals surface area (Å²) in [6.07, 6.45) is 15.4. The molecule has 0 aliphatic rings. The molecule has 0 saturated heterocycles. The number of hydrogen-bond donors (Lipinski definition) is 0. The molecule has 1 aromatic carbocycles. The molecule has 0 radical (unpaired) electrons. The van der Waals surface area contributed by atoms with Crippen molar-refractivity contribution in [3.05, 3.63) is 30.1 Å². The Morgan fingerprint density at radius 2 is 1.35 bits per heavy atom. The lowest BCUT2D eigenvalue weighted by Crippen LogP contribution is -2.00. The third-order valence-corrected chi connectivity index (χ3v) is 4.83. The molecule has 1 heterocycles. The van der Waals surface area contributed by atoms with Crippen LogP contribution in [0.3, 0.4) is 0 Å². The van der Waals surface area contributed by atoms with Gasteiger partial charge in [0.05, 0.1) is 11.0 Å². The van der Waals surface area contributed by atoms with E-state index in [0.717, 1.165) is 17.9 Å². The van der Waals surface area contributed by atoms with Crippen LogP contribution in [0.25, 0.3) is 11.0 Å². The molecule has 1 aromatic heterocycles. The van der Waals surface area contributed by atoms with Gasteiger partial charge in [0.1, 0.15) is 5.82 Å². The third-order valence-electron chi connectivity index (χ3n) is 4.83. The number of unbranched alkanes of at least 4 members (excludes halogenated alkanes) is 10. The maximum atomic E-state index is 4.65. The highest BCUT2D eigenvalue weighted by atomic mass is 15.1. The Morgan fingerprint density at radius 1 is 0.783 bits per heavy atom. The molecule has 128 valence electrons. The number of rotatable bonds is 12. The molecule has 23 heavy (non-hydrogen) atoms. The molecule has 2 nitrogen and oxygen atoms in total. The first-order chi connectivity index (χ1) is 11.3.